The Hall–Kier alpha value is -5.22. The number of hydrogen-bond donors (Lipinski definition) is 0. The Morgan fingerprint density at radius 3 is 1.09 bits per heavy atom. The van der Waals surface area contributed by atoms with Gasteiger partial charge in [-0.15, -0.1) is 22.8 Å². The average Bonchev–Trinajstić information content (AvgIpc) is 3.09. The van der Waals surface area contributed by atoms with Crippen LogP contribution in [-0.4, -0.2) is 9.97 Å². The van der Waals surface area contributed by atoms with Gasteiger partial charge in [0.05, 0.1) is 11.4 Å². The Balaban J connectivity index is 0.000000208. The molecular formula is C42H38CuN4. The van der Waals surface area contributed by atoms with Gasteiger partial charge in [-0.3, -0.25) is 9.97 Å². The normalized spacial score (nSPS) is 11.1. The SMILES string of the molecule is Cc1cccc(C)c1[N-]/C(=C\c1ccccn1)c1ccccc1.Cc1cccc(C)c1[N-]/C(=C\c1ccccn1)c1ccccc1.[Cu+2]. The third kappa shape index (κ3) is 9.88. The van der Waals surface area contributed by atoms with Crippen LogP contribution in [0.2, 0.25) is 0 Å². The summed E-state index contributed by atoms with van der Waals surface area (Å²) in [6, 6.07) is 44.7. The molecular weight excluding hydrogens is 624 g/mol. The maximum Gasteiger partial charge on any atom is 2.00 e. The Morgan fingerprint density at radius 1 is 0.426 bits per heavy atom. The van der Waals surface area contributed by atoms with Gasteiger partial charge in [0, 0.05) is 12.4 Å². The molecule has 0 saturated heterocycles. The molecule has 0 unspecified atom stereocenters. The molecule has 4 aromatic carbocycles. The quantitative estimate of drug-likeness (QED) is 0.152. The zero-order valence-corrected chi connectivity index (χ0v) is 28.0. The first kappa shape index (κ1) is 34.6. The van der Waals surface area contributed by atoms with Crippen LogP contribution in [0.4, 0.5) is 11.4 Å². The topological polar surface area (TPSA) is 54.0 Å². The summed E-state index contributed by atoms with van der Waals surface area (Å²) in [6.45, 7) is 8.37. The van der Waals surface area contributed by atoms with Crippen molar-refractivity contribution >= 4 is 34.9 Å². The first-order chi connectivity index (χ1) is 22.5. The van der Waals surface area contributed by atoms with Crippen LogP contribution in [0.3, 0.4) is 0 Å². The van der Waals surface area contributed by atoms with Crippen molar-refractivity contribution in [2.24, 2.45) is 0 Å². The fourth-order valence-electron chi connectivity index (χ4n) is 4.99. The molecule has 0 aliphatic carbocycles. The molecule has 0 atom stereocenters. The van der Waals surface area contributed by atoms with Gasteiger partial charge < -0.3 is 10.6 Å². The molecule has 0 spiro atoms. The Kier molecular flexibility index (Phi) is 12.9. The standard InChI is InChI=1S/2C21H19N2.Cu/c2*1-16-9-8-10-17(2)21(16)23-20(18-11-4-3-5-12-18)15-19-13-6-7-14-22-19;/h2*3-15H,1-2H3;/q2*-1;+2/b2*20-15-;. The van der Waals surface area contributed by atoms with Crippen molar-refractivity contribution in [1.29, 1.82) is 0 Å². The molecule has 237 valence electrons. The van der Waals surface area contributed by atoms with Crippen LogP contribution in [0.15, 0.2) is 146 Å². The van der Waals surface area contributed by atoms with Gasteiger partial charge in [0.2, 0.25) is 0 Å². The van der Waals surface area contributed by atoms with E-state index in [0.717, 1.165) is 45.3 Å². The first-order valence-corrected chi connectivity index (χ1v) is 15.4. The molecule has 6 rings (SSSR count). The number of para-hydroxylation sites is 2. The molecule has 0 N–H and O–H groups in total. The molecule has 0 saturated carbocycles. The average molecular weight is 662 g/mol. The minimum absolute atomic E-state index is 0. The summed E-state index contributed by atoms with van der Waals surface area (Å²) in [6.07, 6.45) is 7.66. The number of pyridine rings is 2. The number of aromatic nitrogens is 2. The van der Waals surface area contributed by atoms with Crippen LogP contribution in [0.25, 0.3) is 34.2 Å². The summed E-state index contributed by atoms with van der Waals surface area (Å²) < 4.78 is 0. The summed E-state index contributed by atoms with van der Waals surface area (Å²) in [4.78, 5) is 8.79. The van der Waals surface area contributed by atoms with Crippen molar-refractivity contribution in [2.75, 3.05) is 0 Å². The van der Waals surface area contributed by atoms with Crippen LogP contribution in [0.5, 0.6) is 0 Å². The van der Waals surface area contributed by atoms with E-state index in [1.807, 2.05) is 84.9 Å². The number of benzene rings is 4. The van der Waals surface area contributed by atoms with E-state index < -0.39 is 0 Å². The first-order valence-electron chi connectivity index (χ1n) is 15.4. The second-order valence-corrected chi connectivity index (χ2v) is 11.0. The molecule has 0 amide bonds. The second kappa shape index (κ2) is 17.5. The van der Waals surface area contributed by atoms with E-state index in [9.17, 15) is 0 Å². The molecule has 6 aromatic rings. The van der Waals surface area contributed by atoms with Crippen molar-refractivity contribution in [3.63, 3.8) is 0 Å². The summed E-state index contributed by atoms with van der Waals surface area (Å²) in [5.41, 5.74) is 12.6. The molecule has 4 nitrogen and oxygen atoms in total. The fraction of sp³-hybridized carbons (Fsp3) is 0.0952. The van der Waals surface area contributed by atoms with E-state index in [0.29, 0.717) is 0 Å². The van der Waals surface area contributed by atoms with Gasteiger partial charge in [-0.25, -0.2) is 0 Å². The van der Waals surface area contributed by atoms with Crippen molar-refractivity contribution < 1.29 is 17.1 Å². The molecule has 2 aromatic heterocycles. The maximum absolute atomic E-state index is 4.94. The van der Waals surface area contributed by atoms with E-state index in [4.69, 9.17) is 10.6 Å². The molecule has 0 aliphatic heterocycles. The van der Waals surface area contributed by atoms with Gasteiger partial charge in [-0.05, 0) is 63.1 Å². The van der Waals surface area contributed by atoms with Crippen molar-refractivity contribution in [3.8, 4) is 0 Å². The Labute approximate surface area is 289 Å². The minimum atomic E-state index is 0. The summed E-state index contributed by atoms with van der Waals surface area (Å²) >= 11 is 0. The molecule has 0 aliphatic rings. The van der Waals surface area contributed by atoms with Gasteiger partial charge in [-0.2, -0.15) is 0 Å². The third-order valence-corrected chi connectivity index (χ3v) is 7.43. The fourth-order valence-corrected chi connectivity index (χ4v) is 4.99. The zero-order valence-electron chi connectivity index (χ0n) is 27.1. The van der Waals surface area contributed by atoms with Gasteiger partial charge >= 0.3 is 17.1 Å². The number of aryl methyl sites for hydroxylation is 4. The van der Waals surface area contributed by atoms with Crippen LogP contribution in [0.1, 0.15) is 44.8 Å². The van der Waals surface area contributed by atoms with Gasteiger partial charge in [0.1, 0.15) is 0 Å². The smallest absolute Gasteiger partial charge is 0.657 e. The molecule has 1 radical (unpaired) electrons. The Bertz CT molecular complexity index is 1720. The van der Waals surface area contributed by atoms with Crippen LogP contribution < -0.4 is 0 Å². The van der Waals surface area contributed by atoms with Crippen molar-refractivity contribution in [2.45, 2.75) is 27.7 Å². The monoisotopic (exact) mass is 661 g/mol. The molecule has 47 heavy (non-hydrogen) atoms. The molecule has 0 fully saturated rings. The molecule has 2 heterocycles. The van der Waals surface area contributed by atoms with Crippen LogP contribution in [0, 0.1) is 27.7 Å². The Morgan fingerprint density at radius 2 is 0.766 bits per heavy atom. The van der Waals surface area contributed by atoms with E-state index in [1.54, 1.807) is 12.4 Å². The molecule has 0 bridgehead atoms. The summed E-state index contributed by atoms with van der Waals surface area (Å²) in [5, 5.41) is 9.89. The number of nitrogens with zero attached hydrogens (tertiary/aromatic N) is 4. The second-order valence-electron chi connectivity index (χ2n) is 11.0. The van der Waals surface area contributed by atoms with Crippen LogP contribution >= 0.6 is 0 Å². The zero-order chi connectivity index (χ0) is 32.1. The number of rotatable bonds is 8. The minimum Gasteiger partial charge on any atom is -0.657 e. The van der Waals surface area contributed by atoms with Gasteiger partial charge in [-0.1, -0.05) is 144 Å². The maximum atomic E-state index is 4.94. The van der Waals surface area contributed by atoms with E-state index in [1.165, 1.54) is 22.3 Å². The molecule has 5 heteroatoms. The van der Waals surface area contributed by atoms with Crippen molar-refractivity contribution in [3.05, 3.63) is 201 Å². The number of hydrogen-bond acceptors (Lipinski definition) is 2. The van der Waals surface area contributed by atoms with Gasteiger partial charge in [0.15, 0.2) is 0 Å². The predicted molar refractivity (Wildman–Crippen MR) is 195 cm³/mol. The predicted octanol–water partition coefficient (Wildman–Crippen LogP) is 11.8. The van der Waals surface area contributed by atoms with Gasteiger partial charge in [0.25, 0.3) is 0 Å². The van der Waals surface area contributed by atoms with Crippen LogP contribution in [-0.2, 0) is 17.1 Å². The third-order valence-electron chi connectivity index (χ3n) is 7.43. The van der Waals surface area contributed by atoms with E-state index in [2.05, 4.69) is 98.3 Å². The van der Waals surface area contributed by atoms with E-state index in [-0.39, 0.29) is 17.1 Å². The van der Waals surface area contributed by atoms with E-state index >= 15 is 0 Å². The van der Waals surface area contributed by atoms with Crippen molar-refractivity contribution in [1.82, 2.24) is 9.97 Å². The summed E-state index contributed by atoms with van der Waals surface area (Å²) in [7, 11) is 0. The summed E-state index contributed by atoms with van der Waals surface area (Å²) in [5.74, 6) is 0. The largest absolute Gasteiger partial charge is 2.00 e.